The van der Waals surface area contributed by atoms with Crippen LogP contribution in [-0.4, -0.2) is 49.6 Å². The summed E-state index contributed by atoms with van der Waals surface area (Å²) in [6.07, 6.45) is -0.0325. The van der Waals surface area contributed by atoms with E-state index in [9.17, 15) is 19.5 Å². The summed E-state index contributed by atoms with van der Waals surface area (Å²) in [4.78, 5) is 45.2. The normalized spacial score (nSPS) is 17.9. The van der Waals surface area contributed by atoms with Gasteiger partial charge in [-0.1, -0.05) is 13.8 Å². The van der Waals surface area contributed by atoms with E-state index in [4.69, 9.17) is 0 Å². The number of likely N-dealkylation sites (tertiary alicyclic amines) is 1. The minimum atomic E-state index is -0.626. The molecule has 0 spiro atoms. The number of hydrogen-bond donors (Lipinski definition) is 2. The van der Waals surface area contributed by atoms with E-state index in [2.05, 4.69) is 9.97 Å². The van der Waals surface area contributed by atoms with E-state index in [1.54, 1.807) is 6.07 Å². The number of hydrogen-bond acceptors (Lipinski definition) is 5. The molecule has 1 amide bonds. The van der Waals surface area contributed by atoms with Crippen LogP contribution in [0.2, 0.25) is 0 Å². The highest BCUT2D eigenvalue weighted by atomic mass is 16.3. The van der Waals surface area contributed by atoms with Crippen LogP contribution in [0.3, 0.4) is 0 Å². The van der Waals surface area contributed by atoms with Crippen molar-refractivity contribution in [1.29, 1.82) is 0 Å². The first kappa shape index (κ1) is 16.4. The zero-order chi connectivity index (χ0) is 17.6. The minimum Gasteiger partial charge on any atom is -0.391 e. The third kappa shape index (κ3) is 2.62. The average molecular weight is 332 g/mol. The summed E-state index contributed by atoms with van der Waals surface area (Å²) in [6, 6.07) is 1.61. The highest BCUT2D eigenvalue weighted by Crippen LogP contribution is 2.22. The summed E-state index contributed by atoms with van der Waals surface area (Å²) < 4.78 is 1.23. The molecule has 2 aromatic rings. The number of rotatable bonds is 2. The van der Waals surface area contributed by atoms with Crippen LogP contribution in [0, 0.1) is 0 Å². The van der Waals surface area contributed by atoms with Gasteiger partial charge in [0.2, 0.25) is 0 Å². The molecule has 8 heteroatoms. The Morgan fingerprint density at radius 3 is 2.71 bits per heavy atom. The van der Waals surface area contributed by atoms with Gasteiger partial charge < -0.3 is 10.0 Å². The number of amides is 1. The van der Waals surface area contributed by atoms with Gasteiger partial charge in [0.15, 0.2) is 0 Å². The number of aromatic nitrogens is 3. The summed E-state index contributed by atoms with van der Waals surface area (Å²) in [5.41, 5.74) is -0.159. The quantitative estimate of drug-likeness (QED) is 0.802. The highest BCUT2D eigenvalue weighted by molar-refractivity contribution is 6.05. The molecule has 1 aliphatic rings. The van der Waals surface area contributed by atoms with Crippen LogP contribution in [-0.2, 0) is 7.05 Å². The number of H-pyrrole nitrogens is 1. The van der Waals surface area contributed by atoms with Crippen LogP contribution >= 0.6 is 0 Å². The fraction of sp³-hybridized carbons (Fsp3) is 0.500. The van der Waals surface area contributed by atoms with Gasteiger partial charge in [-0.25, -0.2) is 9.78 Å². The number of β-amino-alcohol motifs (C(OH)–C–C–N with tert-alkyl or cyclic N) is 1. The van der Waals surface area contributed by atoms with E-state index in [1.165, 1.54) is 16.5 Å². The van der Waals surface area contributed by atoms with Gasteiger partial charge in [0.05, 0.1) is 17.1 Å². The summed E-state index contributed by atoms with van der Waals surface area (Å²) in [7, 11) is 1.51. The molecule has 1 fully saturated rings. The van der Waals surface area contributed by atoms with E-state index < -0.39 is 17.4 Å². The molecule has 24 heavy (non-hydrogen) atoms. The van der Waals surface area contributed by atoms with Gasteiger partial charge in [0.25, 0.3) is 11.5 Å². The molecule has 3 rings (SSSR count). The fourth-order valence-corrected chi connectivity index (χ4v) is 2.92. The molecule has 1 saturated heterocycles. The van der Waals surface area contributed by atoms with E-state index in [0.29, 0.717) is 18.7 Å². The maximum Gasteiger partial charge on any atom is 0.329 e. The van der Waals surface area contributed by atoms with E-state index in [0.717, 1.165) is 0 Å². The monoisotopic (exact) mass is 332 g/mol. The van der Waals surface area contributed by atoms with Crippen LogP contribution in [0.4, 0.5) is 0 Å². The fourth-order valence-electron chi connectivity index (χ4n) is 2.92. The Kier molecular flexibility index (Phi) is 4.00. The number of carbonyl (C=O) groups excluding carboxylic acids is 1. The second-order valence-electron chi connectivity index (χ2n) is 6.46. The maximum absolute atomic E-state index is 12.9. The molecule has 2 aromatic heterocycles. The third-order valence-electron chi connectivity index (χ3n) is 4.36. The summed E-state index contributed by atoms with van der Waals surface area (Å²) in [5.74, 6) is -0.301. The number of nitrogens with zero attached hydrogens (tertiary/aromatic N) is 3. The Morgan fingerprint density at radius 1 is 1.42 bits per heavy atom. The van der Waals surface area contributed by atoms with Crippen molar-refractivity contribution in [2.75, 3.05) is 13.1 Å². The minimum absolute atomic E-state index is 0.0273. The lowest BCUT2D eigenvalue weighted by Gasteiger charge is -2.18. The molecular formula is C16H20N4O4. The largest absolute Gasteiger partial charge is 0.391 e. The lowest BCUT2D eigenvalue weighted by atomic mass is 10.0. The zero-order valence-electron chi connectivity index (χ0n) is 13.9. The molecule has 0 aliphatic carbocycles. The van der Waals surface area contributed by atoms with Crippen molar-refractivity contribution in [1.82, 2.24) is 19.4 Å². The number of aromatic amines is 1. The van der Waals surface area contributed by atoms with Gasteiger partial charge in [0, 0.05) is 25.8 Å². The molecule has 0 aromatic carbocycles. The standard InChI is InChI=1S/C16H20N4O4/c1-8(2)11-6-10(15(23)20-5-4-9(21)7-20)12-13(17-11)19(3)16(24)18-14(12)22/h6,8-9,21H,4-5,7H2,1-3H3,(H,18,22,24)/t9-/m1/s1. The Hall–Kier alpha value is -2.48. The highest BCUT2D eigenvalue weighted by Gasteiger charge is 2.28. The number of aliphatic hydroxyl groups is 1. The van der Waals surface area contributed by atoms with E-state index in [-0.39, 0.29) is 35.0 Å². The van der Waals surface area contributed by atoms with Crippen LogP contribution in [0.25, 0.3) is 11.0 Å². The molecule has 0 saturated carbocycles. The first-order valence-corrected chi connectivity index (χ1v) is 7.91. The number of nitrogens with one attached hydrogen (secondary N) is 1. The second-order valence-corrected chi connectivity index (χ2v) is 6.46. The van der Waals surface area contributed by atoms with Crippen molar-refractivity contribution in [2.24, 2.45) is 7.05 Å². The average Bonchev–Trinajstić information content (AvgIpc) is 2.97. The Bertz CT molecular complexity index is 928. The number of aryl methyl sites for hydroxylation is 1. The maximum atomic E-state index is 12.9. The summed E-state index contributed by atoms with van der Waals surface area (Å²) >= 11 is 0. The molecule has 0 radical (unpaired) electrons. The SMILES string of the molecule is CC(C)c1cc(C(=O)N2CC[C@@H](O)C2)c2c(=O)[nH]c(=O)n(C)c2n1. The molecular weight excluding hydrogens is 312 g/mol. The van der Waals surface area contributed by atoms with Gasteiger partial charge in [-0.3, -0.25) is 19.1 Å². The van der Waals surface area contributed by atoms with Gasteiger partial charge in [-0.15, -0.1) is 0 Å². The first-order valence-electron chi connectivity index (χ1n) is 7.91. The topological polar surface area (TPSA) is 108 Å². The van der Waals surface area contributed by atoms with Crippen LogP contribution in [0.1, 0.15) is 42.2 Å². The van der Waals surface area contributed by atoms with Crippen molar-refractivity contribution < 1.29 is 9.90 Å². The van der Waals surface area contributed by atoms with Crippen LogP contribution < -0.4 is 11.2 Å². The Labute approximate surface area is 137 Å². The number of carbonyl (C=O) groups is 1. The van der Waals surface area contributed by atoms with Crippen LogP contribution in [0.5, 0.6) is 0 Å². The first-order chi connectivity index (χ1) is 11.3. The van der Waals surface area contributed by atoms with Crippen molar-refractivity contribution in [3.05, 3.63) is 38.2 Å². The molecule has 3 heterocycles. The number of aliphatic hydroxyl groups excluding tert-OH is 1. The molecule has 0 bridgehead atoms. The van der Waals surface area contributed by atoms with Crippen LogP contribution in [0.15, 0.2) is 15.7 Å². The van der Waals surface area contributed by atoms with Gasteiger partial charge in [-0.05, 0) is 18.4 Å². The molecule has 2 N–H and O–H groups in total. The van der Waals surface area contributed by atoms with E-state index >= 15 is 0 Å². The number of fused-ring (bicyclic) bond motifs is 1. The smallest absolute Gasteiger partial charge is 0.329 e. The van der Waals surface area contributed by atoms with Crippen molar-refractivity contribution in [2.45, 2.75) is 32.3 Å². The van der Waals surface area contributed by atoms with E-state index in [1.807, 2.05) is 13.8 Å². The molecule has 0 unspecified atom stereocenters. The lowest BCUT2D eigenvalue weighted by molar-refractivity contribution is 0.0766. The summed E-state index contributed by atoms with van der Waals surface area (Å²) in [5, 5.41) is 9.77. The molecule has 1 atom stereocenters. The molecule has 8 nitrogen and oxygen atoms in total. The van der Waals surface area contributed by atoms with Crippen molar-refractivity contribution in [3.63, 3.8) is 0 Å². The Morgan fingerprint density at radius 2 is 2.12 bits per heavy atom. The van der Waals surface area contributed by atoms with Crippen molar-refractivity contribution >= 4 is 16.9 Å². The Balaban J connectivity index is 2.29. The van der Waals surface area contributed by atoms with Gasteiger partial charge in [-0.2, -0.15) is 0 Å². The lowest BCUT2D eigenvalue weighted by Crippen LogP contribution is -2.34. The van der Waals surface area contributed by atoms with Crippen molar-refractivity contribution in [3.8, 4) is 0 Å². The number of pyridine rings is 1. The zero-order valence-corrected chi connectivity index (χ0v) is 13.9. The predicted octanol–water partition coefficient (Wildman–Crippen LogP) is -0.0480. The molecule has 1 aliphatic heterocycles. The molecule has 128 valence electrons. The summed E-state index contributed by atoms with van der Waals surface area (Å²) in [6.45, 7) is 4.52. The third-order valence-corrected chi connectivity index (χ3v) is 4.36. The van der Waals surface area contributed by atoms with Gasteiger partial charge in [0.1, 0.15) is 5.65 Å². The predicted molar refractivity (Wildman–Crippen MR) is 88.2 cm³/mol. The van der Waals surface area contributed by atoms with Gasteiger partial charge >= 0.3 is 5.69 Å². The second kappa shape index (κ2) is 5.86.